The van der Waals surface area contributed by atoms with Crippen LogP contribution in [0.1, 0.15) is 50.5 Å². The number of carboxylic acids is 1. The van der Waals surface area contributed by atoms with Gasteiger partial charge in [0.05, 0.1) is 5.41 Å². The first-order valence-corrected chi connectivity index (χ1v) is 7.77. The van der Waals surface area contributed by atoms with Crippen LogP contribution in [0.5, 0.6) is 11.5 Å². The molecular formula is C17H20O4. The van der Waals surface area contributed by atoms with Gasteiger partial charge in [-0.25, -0.2) is 0 Å². The summed E-state index contributed by atoms with van der Waals surface area (Å²) in [7, 11) is 0. The van der Waals surface area contributed by atoms with E-state index in [-0.39, 0.29) is 12.2 Å². The highest BCUT2D eigenvalue weighted by Crippen LogP contribution is 2.62. The van der Waals surface area contributed by atoms with Crippen LogP contribution < -0.4 is 9.47 Å². The van der Waals surface area contributed by atoms with E-state index in [1.807, 2.05) is 18.2 Å². The summed E-state index contributed by atoms with van der Waals surface area (Å²) < 4.78 is 10.7. The normalized spacial score (nSPS) is 24.6. The monoisotopic (exact) mass is 288 g/mol. The minimum atomic E-state index is -0.724. The average Bonchev–Trinajstić information content (AvgIpc) is 2.92. The Morgan fingerprint density at radius 1 is 1.05 bits per heavy atom. The number of aliphatic carboxylic acids is 1. The van der Waals surface area contributed by atoms with E-state index in [0.29, 0.717) is 11.5 Å². The van der Waals surface area contributed by atoms with Gasteiger partial charge in [0.25, 0.3) is 0 Å². The van der Waals surface area contributed by atoms with E-state index < -0.39 is 11.4 Å². The van der Waals surface area contributed by atoms with Crippen LogP contribution in [0.25, 0.3) is 0 Å². The standard InChI is InChI=1S/C17H20O4/c18-15(19)17(9-16(10-17)6-2-1-3-7-16)12-4-5-13-14(8-12)21-11-20-13/h4-5,8H,1-3,6-7,9-11H2,(H,18,19). The Kier molecular flexibility index (Phi) is 2.72. The van der Waals surface area contributed by atoms with Crippen LogP contribution >= 0.6 is 0 Å². The van der Waals surface area contributed by atoms with Crippen LogP contribution in [-0.4, -0.2) is 17.9 Å². The van der Waals surface area contributed by atoms with Gasteiger partial charge in [0.1, 0.15) is 0 Å². The molecule has 0 saturated heterocycles. The number of carbonyl (C=O) groups is 1. The maximum Gasteiger partial charge on any atom is 0.314 e. The molecule has 1 heterocycles. The molecule has 2 aliphatic carbocycles. The molecule has 1 aromatic carbocycles. The summed E-state index contributed by atoms with van der Waals surface area (Å²) in [5.41, 5.74) is 0.418. The van der Waals surface area contributed by atoms with Crippen molar-refractivity contribution >= 4 is 5.97 Å². The van der Waals surface area contributed by atoms with Gasteiger partial charge in [0.2, 0.25) is 6.79 Å². The first-order chi connectivity index (χ1) is 10.1. The molecule has 1 aromatic rings. The molecule has 1 spiro atoms. The molecule has 0 amide bonds. The fourth-order valence-electron chi connectivity index (χ4n) is 4.56. The van der Waals surface area contributed by atoms with Crippen molar-refractivity contribution in [2.24, 2.45) is 5.41 Å². The van der Waals surface area contributed by atoms with Crippen molar-refractivity contribution in [2.45, 2.75) is 50.4 Å². The molecular weight excluding hydrogens is 268 g/mol. The summed E-state index contributed by atoms with van der Waals surface area (Å²) in [6.45, 7) is 0.225. The van der Waals surface area contributed by atoms with Gasteiger partial charge >= 0.3 is 5.97 Å². The van der Waals surface area contributed by atoms with Gasteiger partial charge in [-0.2, -0.15) is 0 Å². The Hall–Kier alpha value is -1.71. The lowest BCUT2D eigenvalue weighted by molar-refractivity contribution is -0.156. The van der Waals surface area contributed by atoms with E-state index in [4.69, 9.17) is 9.47 Å². The number of ether oxygens (including phenoxy) is 2. The summed E-state index contributed by atoms with van der Waals surface area (Å²) >= 11 is 0. The van der Waals surface area contributed by atoms with Gasteiger partial charge < -0.3 is 14.6 Å². The van der Waals surface area contributed by atoms with E-state index in [1.54, 1.807) is 0 Å². The average molecular weight is 288 g/mol. The van der Waals surface area contributed by atoms with Crippen LogP contribution in [0.2, 0.25) is 0 Å². The number of carboxylic acid groups (broad SMARTS) is 1. The van der Waals surface area contributed by atoms with E-state index in [0.717, 1.165) is 18.4 Å². The third-order valence-corrected chi connectivity index (χ3v) is 5.60. The topological polar surface area (TPSA) is 55.8 Å². The van der Waals surface area contributed by atoms with Crippen molar-refractivity contribution in [3.8, 4) is 11.5 Å². The maximum atomic E-state index is 12.0. The van der Waals surface area contributed by atoms with Gasteiger partial charge in [0.15, 0.2) is 11.5 Å². The zero-order valence-electron chi connectivity index (χ0n) is 12.1. The van der Waals surface area contributed by atoms with Crippen LogP contribution in [0.15, 0.2) is 18.2 Å². The van der Waals surface area contributed by atoms with Gasteiger partial charge in [-0.05, 0) is 48.8 Å². The number of hydrogen-bond donors (Lipinski definition) is 1. The molecule has 2 fully saturated rings. The van der Waals surface area contributed by atoms with Gasteiger partial charge in [-0.3, -0.25) is 4.79 Å². The summed E-state index contributed by atoms with van der Waals surface area (Å²) in [6, 6.07) is 5.61. The van der Waals surface area contributed by atoms with Gasteiger partial charge in [0, 0.05) is 0 Å². The van der Waals surface area contributed by atoms with Crippen LogP contribution in [0, 0.1) is 5.41 Å². The first-order valence-electron chi connectivity index (χ1n) is 7.77. The largest absolute Gasteiger partial charge is 0.481 e. The lowest BCUT2D eigenvalue weighted by atomic mass is 9.46. The molecule has 4 nitrogen and oxygen atoms in total. The molecule has 112 valence electrons. The summed E-state index contributed by atoms with van der Waals surface area (Å²) in [6.07, 6.45) is 7.71. The lowest BCUT2D eigenvalue weighted by Gasteiger charge is -2.56. The van der Waals surface area contributed by atoms with Crippen LogP contribution in [0.4, 0.5) is 0 Å². The summed E-state index contributed by atoms with van der Waals surface area (Å²) in [5, 5.41) is 9.83. The number of rotatable bonds is 2. The summed E-state index contributed by atoms with van der Waals surface area (Å²) in [5.74, 6) is 0.696. The first kappa shape index (κ1) is 13.0. The molecule has 0 atom stereocenters. The van der Waals surface area contributed by atoms with Crippen molar-refractivity contribution in [1.82, 2.24) is 0 Å². The highest BCUT2D eigenvalue weighted by Gasteiger charge is 2.59. The molecule has 1 N–H and O–H groups in total. The smallest absolute Gasteiger partial charge is 0.314 e. The molecule has 0 unspecified atom stereocenters. The molecule has 2 saturated carbocycles. The highest BCUT2D eigenvalue weighted by molar-refractivity contribution is 5.83. The minimum absolute atomic E-state index is 0.225. The molecule has 0 bridgehead atoms. The Morgan fingerprint density at radius 3 is 2.48 bits per heavy atom. The minimum Gasteiger partial charge on any atom is -0.481 e. The second kappa shape index (κ2) is 4.39. The van der Waals surface area contributed by atoms with Crippen LogP contribution in [0.3, 0.4) is 0 Å². The summed E-state index contributed by atoms with van der Waals surface area (Å²) in [4.78, 5) is 12.0. The van der Waals surface area contributed by atoms with Crippen molar-refractivity contribution in [3.63, 3.8) is 0 Å². The van der Waals surface area contributed by atoms with Gasteiger partial charge in [-0.1, -0.05) is 25.3 Å². The Bertz CT molecular complexity index is 578. The molecule has 21 heavy (non-hydrogen) atoms. The fraction of sp³-hybridized carbons (Fsp3) is 0.588. The van der Waals surface area contributed by atoms with E-state index >= 15 is 0 Å². The number of hydrogen-bond acceptors (Lipinski definition) is 3. The van der Waals surface area contributed by atoms with E-state index in [2.05, 4.69) is 0 Å². The van der Waals surface area contributed by atoms with E-state index in [1.165, 1.54) is 32.1 Å². The van der Waals surface area contributed by atoms with Crippen LogP contribution in [-0.2, 0) is 10.2 Å². The van der Waals surface area contributed by atoms with Crippen molar-refractivity contribution in [1.29, 1.82) is 0 Å². The fourth-order valence-corrected chi connectivity index (χ4v) is 4.56. The van der Waals surface area contributed by atoms with Crippen molar-refractivity contribution in [3.05, 3.63) is 23.8 Å². The van der Waals surface area contributed by atoms with Crippen molar-refractivity contribution in [2.75, 3.05) is 6.79 Å². The zero-order chi connectivity index (χ0) is 14.5. The zero-order valence-corrected chi connectivity index (χ0v) is 12.1. The highest BCUT2D eigenvalue weighted by atomic mass is 16.7. The third-order valence-electron chi connectivity index (χ3n) is 5.60. The second-order valence-corrected chi connectivity index (χ2v) is 6.87. The molecule has 4 rings (SSSR count). The Labute approximate surface area is 124 Å². The molecule has 0 radical (unpaired) electrons. The van der Waals surface area contributed by atoms with E-state index in [9.17, 15) is 9.90 Å². The lowest BCUT2D eigenvalue weighted by Crippen LogP contribution is -2.55. The van der Waals surface area contributed by atoms with Crippen molar-refractivity contribution < 1.29 is 19.4 Å². The SMILES string of the molecule is O=C(O)C1(c2ccc3c(c2)OCO3)CC2(CCCCC2)C1. The predicted molar refractivity (Wildman–Crippen MR) is 76.6 cm³/mol. The predicted octanol–water partition coefficient (Wildman–Crippen LogP) is 3.48. The molecule has 1 aliphatic heterocycles. The molecule has 3 aliphatic rings. The quantitative estimate of drug-likeness (QED) is 0.905. The Morgan fingerprint density at radius 2 is 1.76 bits per heavy atom. The Balaban J connectivity index is 1.65. The maximum absolute atomic E-state index is 12.0. The van der Waals surface area contributed by atoms with Gasteiger partial charge in [-0.15, -0.1) is 0 Å². The third kappa shape index (κ3) is 1.84. The number of fused-ring (bicyclic) bond motifs is 1. The molecule has 4 heteroatoms. The molecule has 0 aromatic heterocycles. The number of benzene rings is 1. The second-order valence-electron chi connectivity index (χ2n) is 6.87.